The third kappa shape index (κ3) is 7.03. The van der Waals surface area contributed by atoms with Crippen molar-refractivity contribution in [2.24, 2.45) is 0 Å². The summed E-state index contributed by atoms with van der Waals surface area (Å²) in [5.41, 5.74) is 3.01. The Hall–Kier alpha value is -3.42. The van der Waals surface area contributed by atoms with Crippen LogP contribution < -0.4 is 14.8 Å². The van der Waals surface area contributed by atoms with E-state index in [1.54, 1.807) is 47.1 Å². The second-order valence-electron chi connectivity index (χ2n) is 7.99. The second kappa shape index (κ2) is 10.9. The number of pyridine rings is 1. The minimum absolute atomic E-state index is 0.0381. The SMILES string of the molecule is CC(C)NC(=O)c1ccc2nc(-c3cccc(NS(=O)(=O)NCCCCCC#N)c3)cn2c1. The zero-order valence-corrected chi connectivity index (χ0v) is 19.5. The van der Waals surface area contributed by atoms with Gasteiger partial charge in [0.05, 0.1) is 23.0 Å². The van der Waals surface area contributed by atoms with E-state index >= 15 is 0 Å². The zero-order valence-electron chi connectivity index (χ0n) is 18.7. The lowest BCUT2D eigenvalue weighted by atomic mass is 10.1. The number of imidazole rings is 1. The van der Waals surface area contributed by atoms with Crippen LogP contribution in [0, 0.1) is 11.3 Å². The highest BCUT2D eigenvalue weighted by atomic mass is 32.2. The Morgan fingerprint density at radius 1 is 1.15 bits per heavy atom. The minimum atomic E-state index is -3.71. The Balaban J connectivity index is 1.69. The molecule has 3 aromatic rings. The van der Waals surface area contributed by atoms with Crippen LogP contribution in [0.25, 0.3) is 16.9 Å². The summed E-state index contributed by atoms with van der Waals surface area (Å²) in [7, 11) is -3.71. The van der Waals surface area contributed by atoms with Gasteiger partial charge in [-0.15, -0.1) is 0 Å². The number of nitrogens with zero attached hydrogens (tertiary/aromatic N) is 3. The van der Waals surface area contributed by atoms with E-state index in [0.29, 0.717) is 42.0 Å². The highest BCUT2D eigenvalue weighted by molar-refractivity contribution is 7.90. The number of unbranched alkanes of at least 4 members (excludes halogenated alkanes) is 3. The molecule has 174 valence electrons. The van der Waals surface area contributed by atoms with Crippen LogP contribution in [-0.4, -0.2) is 36.3 Å². The molecule has 1 amide bonds. The minimum Gasteiger partial charge on any atom is -0.350 e. The fraction of sp³-hybridized carbons (Fsp3) is 0.348. The van der Waals surface area contributed by atoms with E-state index < -0.39 is 10.2 Å². The van der Waals surface area contributed by atoms with Crippen molar-refractivity contribution in [1.29, 1.82) is 5.26 Å². The highest BCUT2D eigenvalue weighted by Gasteiger charge is 2.12. The fourth-order valence-corrected chi connectivity index (χ4v) is 4.18. The summed E-state index contributed by atoms with van der Waals surface area (Å²) >= 11 is 0. The van der Waals surface area contributed by atoms with Gasteiger partial charge >= 0.3 is 0 Å². The molecule has 0 spiro atoms. The van der Waals surface area contributed by atoms with E-state index in [1.807, 2.05) is 19.9 Å². The van der Waals surface area contributed by atoms with Crippen LogP contribution in [0.3, 0.4) is 0 Å². The van der Waals surface area contributed by atoms with Gasteiger partial charge in [0.15, 0.2) is 0 Å². The molecule has 0 aliphatic heterocycles. The molecule has 0 radical (unpaired) electrons. The molecule has 3 rings (SSSR count). The zero-order chi connectivity index (χ0) is 23.8. The van der Waals surface area contributed by atoms with E-state index in [-0.39, 0.29) is 11.9 Å². The predicted octanol–water partition coefficient (Wildman–Crippen LogP) is 3.47. The maximum absolute atomic E-state index is 12.3. The van der Waals surface area contributed by atoms with Gasteiger partial charge in [-0.3, -0.25) is 9.52 Å². The number of carbonyl (C=O) groups excluding carboxylic acids is 1. The molecule has 0 bridgehead atoms. The van der Waals surface area contributed by atoms with Crippen molar-refractivity contribution in [3.8, 4) is 17.3 Å². The number of fused-ring (bicyclic) bond motifs is 1. The Kier molecular flexibility index (Phi) is 8.03. The largest absolute Gasteiger partial charge is 0.350 e. The molecule has 0 atom stereocenters. The maximum Gasteiger partial charge on any atom is 0.299 e. The quantitative estimate of drug-likeness (QED) is 0.371. The van der Waals surface area contributed by atoms with Crippen molar-refractivity contribution in [2.45, 2.75) is 45.6 Å². The molecule has 2 aromatic heterocycles. The normalized spacial score (nSPS) is 11.5. The maximum atomic E-state index is 12.3. The van der Waals surface area contributed by atoms with E-state index in [4.69, 9.17) is 5.26 Å². The second-order valence-corrected chi connectivity index (χ2v) is 9.49. The molecule has 0 unspecified atom stereocenters. The van der Waals surface area contributed by atoms with E-state index in [0.717, 1.165) is 18.4 Å². The molecule has 0 saturated heterocycles. The number of nitrogens with one attached hydrogen (secondary N) is 3. The fourth-order valence-electron chi connectivity index (χ4n) is 3.26. The van der Waals surface area contributed by atoms with Crippen molar-refractivity contribution in [2.75, 3.05) is 11.3 Å². The molecule has 3 N–H and O–H groups in total. The summed E-state index contributed by atoms with van der Waals surface area (Å²) in [4.78, 5) is 16.8. The molecule has 2 heterocycles. The average Bonchev–Trinajstić information content (AvgIpc) is 3.19. The van der Waals surface area contributed by atoms with Crippen LogP contribution in [0.5, 0.6) is 0 Å². The summed E-state index contributed by atoms with van der Waals surface area (Å²) in [6.07, 6.45) is 6.22. The first-order valence-electron chi connectivity index (χ1n) is 10.8. The van der Waals surface area contributed by atoms with E-state index in [1.165, 1.54) is 0 Å². The summed E-state index contributed by atoms with van der Waals surface area (Å²) in [6.45, 7) is 4.11. The van der Waals surface area contributed by atoms with Crippen LogP contribution in [0.4, 0.5) is 5.69 Å². The van der Waals surface area contributed by atoms with Gasteiger partial charge in [-0.25, -0.2) is 4.98 Å². The molecule has 0 fully saturated rings. The number of hydrogen-bond donors (Lipinski definition) is 3. The first kappa shape index (κ1) is 24.2. The van der Waals surface area contributed by atoms with Crippen molar-refractivity contribution in [1.82, 2.24) is 19.4 Å². The molecule has 0 saturated carbocycles. The molecule has 10 heteroatoms. The number of rotatable bonds is 11. The molecule has 0 aliphatic rings. The van der Waals surface area contributed by atoms with Gasteiger partial charge in [0.2, 0.25) is 0 Å². The van der Waals surface area contributed by atoms with Crippen LogP contribution >= 0.6 is 0 Å². The summed E-state index contributed by atoms with van der Waals surface area (Å²) in [5, 5.41) is 11.4. The van der Waals surface area contributed by atoms with Crippen molar-refractivity contribution >= 4 is 27.5 Å². The number of hydrogen-bond acceptors (Lipinski definition) is 5. The van der Waals surface area contributed by atoms with E-state index in [9.17, 15) is 13.2 Å². The summed E-state index contributed by atoms with van der Waals surface area (Å²) in [6, 6.07) is 12.6. The standard InChI is InChI=1S/C23H28N6O3S/c1-17(2)26-23(30)19-10-11-22-27-21(16-29(22)15-19)18-8-7-9-20(14-18)28-33(31,32)25-13-6-4-3-5-12-24/h7-11,14-17,25,28H,3-6,13H2,1-2H3,(H,26,30). The predicted molar refractivity (Wildman–Crippen MR) is 128 cm³/mol. The Labute approximate surface area is 194 Å². The van der Waals surface area contributed by atoms with Gasteiger partial charge in [-0.05, 0) is 51.0 Å². The summed E-state index contributed by atoms with van der Waals surface area (Å²) in [5.74, 6) is -0.156. The molecule has 9 nitrogen and oxygen atoms in total. The van der Waals surface area contributed by atoms with E-state index in [2.05, 4.69) is 25.8 Å². The molecular weight excluding hydrogens is 440 g/mol. The number of amides is 1. The number of nitriles is 1. The molecular formula is C23H28N6O3S. The Morgan fingerprint density at radius 3 is 2.73 bits per heavy atom. The van der Waals surface area contributed by atoms with Gasteiger partial charge in [0.25, 0.3) is 16.1 Å². The van der Waals surface area contributed by atoms with Gasteiger partial charge in [-0.1, -0.05) is 18.6 Å². The van der Waals surface area contributed by atoms with Crippen LogP contribution in [0.2, 0.25) is 0 Å². The monoisotopic (exact) mass is 468 g/mol. The van der Waals surface area contributed by atoms with Crippen LogP contribution in [-0.2, 0) is 10.2 Å². The third-order valence-corrected chi connectivity index (χ3v) is 5.89. The lowest BCUT2D eigenvalue weighted by molar-refractivity contribution is 0.0942. The topological polar surface area (TPSA) is 128 Å². The van der Waals surface area contributed by atoms with Crippen molar-refractivity contribution in [3.63, 3.8) is 0 Å². The molecule has 1 aromatic carbocycles. The van der Waals surface area contributed by atoms with Crippen molar-refractivity contribution < 1.29 is 13.2 Å². The van der Waals surface area contributed by atoms with Gasteiger partial charge in [0.1, 0.15) is 5.65 Å². The molecule has 0 aliphatic carbocycles. The van der Waals surface area contributed by atoms with Gasteiger partial charge < -0.3 is 9.72 Å². The number of benzene rings is 1. The Morgan fingerprint density at radius 2 is 1.97 bits per heavy atom. The van der Waals surface area contributed by atoms with Crippen molar-refractivity contribution in [3.05, 3.63) is 54.4 Å². The van der Waals surface area contributed by atoms with Gasteiger partial charge in [-0.2, -0.15) is 18.4 Å². The number of anilines is 1. The van der Waals surface area contributed by atoms with Gasteiger partial charge in [0, 0.05) is 37.0 Å². The lowest BCUT2D eigenvalue weighted by Gasteiger charge is -2.10. The Bertz CT molecular complexity index is 1260. The first-order valence-corrected chi connectivity index (χ1v) is 12.3. The number of aromatic nitrogens is 2. The average molecular weight is 469 g/mol. The molecule has 33 heavy (non-hydrogen) atoms. The van der Waals surface area contributed by atoms with Crippen LogP contribution in [0.1, 0.15) is 49.9 Å². The number of carbonyl (C=O) groups is 1. The summed E-state index contributed by atoms with van der Waals surface area (Å²) < 4.78 is 31.5. The smallest absolute Gasteiger partial charge is 0.299 e. The lowest BCUT2D eigenvalue weighted by Crippen LogP contribution is -2.30. The highest BCUT2D eigenvalue weighted by Crippen LogP contribution is 2.23. The van der Waals surface area contributed by atoms with Crippen LogP contribution in [0.15, 0.2) is 48.8 Å². The first-order chi connectivity index (χ1) is 15.8. The third-order valence-electron chi connectivity index (χ3n) is 4.80.